The molecule has 0 heterocycles. The van der Waals surface area contributed by atoms with Crippen LogP contribution in [0.15, 0.2) is 54.6 Å². The molecule has 2 rings (SSSR count). The largest absolute Gasteiger partial charge is 0.398 e. The molecule has 0 saturated carbocycles. The summed E-state index contributed by atoms with van der Waals surface area (Å²) < 4.78 is 0. The molecule has 0 aliphatic carbocycles. The Hall–Kier alpha value is -2.09. The second kappa shape index (κ2) is 5.12. The zero-order valence-electron chi connectivity index (χ0n) is 8.18. The Bertz CT molecular complexity index is 477. The van der Waals surface area contributed by atoms with E-state index in [0.717, 1.165) is 0 Å². The highest BCUT2D eigenvalue weighted by atomic mass is 16.1. The summed E-state index contributed by atoms with van der Waals surface area (Å²) >= 11 is 0. The average Bonchev–Trinajstić information content (AvgIpc) is 2.30. The highest BCUT2D eigenvalue weighted by molar-refractivity contribution is 6.11. The molecular formula is C14H15NO. The third-order valence-electron chi connectivity index (χ3n) is 2.24. The molecule has 82 valence electrons. The second-order valence-electron chi connectivity index (χ2n) is 3.28. The fraction of sp³-hybridized carbons (Fsp3) is 0.0714. The molecule has 0 aromatic heterocycles. The molecule has 0 atom stereocenters. The van der Waals surface area contributed by atoms with E-state index in [2.05, 4.69) is 0 Å². The van der Waals surface area contributed by atoms with Crippen molar-refractivity contribution in [1.82, 2.24) is 0 Å². The predicted molar refractivity (Wildman–Crippen MR) is 67.5 cm³/mol. The van der Waals surface area contributed by atoms with E-state index in [1.165, 1.54) is 0 Å². The average molecular weight is 213 g/mol. The maximum absolute atomic E-state index is 12.0. The van der Waals surface area contributed by atoms with Crippen LogP contribution in [-0.4, -0.2) is 5.78 Å². The van der Waals surface area contributed by atoms with E-state index in [1.807, 2.05) is 30.3 Å². The number of ketones is 1. The van der Waals surface area contributed by atoms with Gasteiger partial charge in [0.1, 0.15) is 0 Å². The number of nitrogen functional groups attached to an aromatic ring is 1. The van der Waals surface area contributed by atoms with E-state index < -0.39 is 0 Å². The highest BCUT2D eigenvalue weighted by Gasteiger charge is 2.10. The van der Waals surface area contributed by atoms with Crippen LogP contribution in [0.25, 0.3) is 0 Å². The van der Waals surface area contributed by atoms with Crippen molar-refractivity contribution in [3.8, 4) is 0 Å². The molecule has 2 N–H and O–H groups in total. The Morgan fingerprint density at radius 3 is 2.06 bits per heavy atom. The minimum Gasteiger partial charge on any atom is -0.398 e. The Kier molecular flexibility index (Phi) is 3.84. The first-order chi connectivity index (χ1) is 7.29. The van der Waals surface area contributed by atoms with Crippen LogP contribution < -0.4 is 5.73 Å². The number of nitrogens with two attached hydrogens (primary N) is 1. The van der Waals surface area contributed by atoms with E-state index in [1.54, 1.807) is 24.3 Å². The van der Waals surface area contributed by atoms with Crippen LogP contribution >= 0.6 is 0 Å². The molecule has 16 heavy (non-hydrogen) atoms. The third-order valence-corrected chi connectivity index (χ3v) is 2.24. The normalized spacial score (nSPS) is 9.25. The summed E-state index contributed by atoms with van der Waals surface area (Å²) in [6.07, 6.45) is 0. The molecule has 0 amide bonds. The van der Waals surface area contributed by atoms with Gasteiger partial charge < -0.3 is 5.73 Å². The molecule has 0 saturated heterocycles. The quantitative estimate of drug-likeness (QED) is 0.615. The lowest BCUT2D eigenvalue weighted by molar-refractivity contribution is 0.103. The number of anilines is 1. The summed E-state index contributed by atoms with van der Waals surface area (Å²) in [4.78, 5) is 12.0. The van der Waals surface area contributed by atoms with Crippen LogP contribution in [0.1, 0.15) is 23.3 Å². The molecule has 0 aliphatic heterocycles. The number of rotatable bonds is 2. The minimum atomic E-state index is -0.0336. The maximum Gasteiger partial charge on any atom is 0.195 e. The summed E-state index contributed by atoms with van der Waals surface area (Å²) in [6, 6.07) is 16.2. The third kappa shape index (κ3) is 2.28. The number of benzene rings is 2. The topological polar surface area (TPSA) is 43.1 Å². The lowest BCUT2D eigenvalue weighted by Crippen LogP contribution is -2.04. The fourth-order valence-electron chi connectivity index (χ4n) is 1.45. The summed E-state index contributed by atoms with van der Waals surface area (Å²) in [7, 11) is 0. The van der Waals surface area contributed by atoms with Crippen LogP contribution in [0.4, 0.5) is 5.69 Å². The molecule has 0 spiro atoms. The summed E-state index contributed by atoms with van der Waals surface area (Å²) in [6.45, 7) is 0. The van der Waals surface area contributed by atoms with Crippen molar-refractivity contribution >= 4 is 11.5 Å². The summed E-state index contributed by atoms with van der Waals surface area (Å²) in [5.41, 5.74) is 7.48. The van der Waals surface area contributed by atoms with Crippen LogP contribution in [0, 0.1) is 0 Å². The van der Waals surface area contributed by atoms with Crippen molar-refractivity contribution in [2.24, 2.45) is 0 Å². The second-order valence-corrected chi connectivity index (χ2v) is 3.28. The molecular weight excluding hydrogens is 198 g/mol. The van der Waals surface area contributed by atoms with Gasteiger partial charge in [-0.2, -0.15) is 0 Å². The van der Waals surface area contributed by atoms with Crippen molar-refractivity contribution in [2.45, 2.75) is 7.43 Å². The number of hydrogen-bond acceptors (Lipinski definition) is 2. The number of carbonyl (C=O) groups is 1. The van der Waals surface area contributed by atoms with Gasteiger partial charge in [-0.1, -0.05) is 49.9 Å². The molecule has 0 radical (unpaired) electrons. The summed E-state index contributed by atoms with van der Waals surface area (Å²) in [5, 5.41) is 0. The van der Waals surface area contributed by atoms with Gasteiger partial charge >= 0.3 is 0 Å². The Balaban J connectivity index is 0.00000128. The SMILES string of the molecule is C.Nc1ccccc1C(=O)c1ccccc1. The van der Waals surface area contributed by atoms with E-state index in [9.17, 15) is 4.79 Å². The molecule has 0 unspecified atom stereocenters. The molecule has 2 nitrogen and oxygen atoms in total. The van der Waals surface area contributed by atoms with E-state index >= 15 is 0 Å². The number of carbonyl (C=O) groups excluding carboxylic acids is 1. The molecule has 0 aliphatic rings. The smallest absolute Gasteiger partial charge is 0.195 e. The zero-order valence-corrected chi connectivity index (χ0v) is 8.18. The Morgan fingerprint density at radius 1 is 0.875 bits per heavy atom. The van der Waals surface area contributed by atoms with Crippen LogP contribution in [0.2, 0.25) is 0 Å². The molecule has 2 heteroatoms. The standard InChI is InChI=1S/C13H11NO.CH4/c14-12-9-5-4-8-11(12)13(15)10-6-2-1-3-7-10;/h1-9H,14H2;1H4. The molecule has 2 aromatic carbocycles. The first-order valence-corrected chi connectivity index (χ1v) is 4.73. The maximum atomic E-state index is 12.0. The number of para-hydroxylation sites is 1. The minimum absolute atomic E-state index is 0. The molecule has 2 aromatic rings. The van der Waals surface area contributed by atoms with Crippen molar-refractivity contribution in [3.63, 3.8) is 0 Å². The van der Waals surface area contributed by atoms with Gasteiger partial charge in [-0.05, 0) is 12.1 Å². The van der Waals surface area contributed by atoms with Gasteiger partial charge in [0.05, 0.1) is 0 Å². The van der Waals surface area contributed by atoms with Crippen molar-refractivity contribution in [3.05, 3.63) is 65.7 Å². The highest BCUT2D eigenvalue weighted by Crippen LogP contribution is 2.15. The van der Waals surface area contributed by atoms with Crippen molar-refractivity contribution < 1.29 is 4.79 Å². The van der Waals surface area contributed by atoms with Gasteiger partial charge in [0.2, 0.25) is 0 Å². The van der Waals surface area contributed by atoms with E-state index in [-0.39, 0.29) is 13.2 Å². The molecule has 0 fully saturated rings. The Labute approximate surface area is 95.7 Å². The van der Waals surface area contributed by atoms with Crippen LogP contribution in [-0.2, 0) is 0 Å². The predicted octanol–water partition coefficient (Wildman–Crippen LogP) is 3.14. The lowest BCUT2D eigenvalue weighted by atomic mass is 10.0. The first kappa shape index (κ1) is 12.0. The molecule has 0 bridgehead atoms. The van der Waals surface area contributed by atoms with Crippen molar-refractivity contribution in [1.29, 1.82) is 0 Å². The van der Waals surface area contributed by atoms with Gasteiger partial charge in [0.25, 0.3) is 0 Å². The monoisotopic (exact) mass is 213 g/mol. The fourth-order valence-corrected chi connectivity index (χ4v) is 1.45. The summed E-state index contributed by atoms with van der Waals surface area (Å²) in [5.74, 6) is -0.0336. The van der Waals surface area contributed by atoms with E-state index in [0.29, 0.717) is 16.8 Å². The van der Waals surface area contributed by atoms with Gasteiger partial charge in [0, 0.05) is 16.8 Å². The van der Waals surface area contributed by atoms with E-state index in [4.69, 9.17) is 5.73 Å². The Morgan fingerprint density at radius 2 is 1.44 bits per heavy atom. The number of hydrogen-bond donors (Lipinski definition) is 1. The van der Waals surface area contributed by atoms with Gasteiger partial charge in [0.15, 0.2) is 5.78 Å². The van der Waals surface area contributed by atoms with Crippen LogP contribution in [0.5, 0.6) is 0 Å². The van der Waals surface area contributed by atoms with Gasteiger partial charge in [-0.15, -0.1) is 0 Å². The van der Waals surface area contributed by atoms with Crippen molar-refractivity contribution in [2.75, 3.05) is 5.73 Å². The van der Waals surface area contributed by atoms with Crippen LogP contribution in [0.3, 0.4) is 0 Å². The zero-order chi connectivity index (χ0) is 10.7. The van der Waals surface area contributed by atoms with Gasteiger partial charge in [-0.25, -0.2) is 0 Å². The lowest BCUT2D eigenvalue weighted by Gasteiger charge is -2.03. The van der Waals surface area contributed by atoms with Gasteiger partial charge in [-0.3, -0.25) is 4.79 Å². The first-order valence-electron chi connectivity index (χ1n) is 4.73.